The molecule has 1 atom stereocenters. The topological polar surface area (TPSA) is 117 Å². The van der Waals surface area contributed by atoms with Crippen LogP contribution in [0.5, 0.6) is 0 Å². The van der Waals surface area contributed by atoms with E-state index in [9.17, 15) is 13.2 Å². The Morgan fingerprint density at radius 1 is 1.08 bits per heavy atom. The highest BCUT2D eigenvalue weighted by Gasteiger charge is 2.26. The molecule has 0 saturated carbocycles. The number of rotatable bonds is 6. The molecule has 8 nitrogen and oxygen atoms in total. The lowest BCUT2D eigenvalue weighted by Gasteiger charge is -2.26. The SMILES string of the molecule is CNC(=O)c1cccc(-c2cc3c(N[C@@H](c4ccc5c(c4)S(=O)(=O)CCC5)C(C)C)ncnc3[nH]2)c1. The van der Waals surface area contributed by atoms with E-state index in [0.29, 0.717) is 28.3 Å². The molecule has 186 valence electrons. The van der Waals surface area contributed by atoms with Crippen LogP contribution in [0.15, 0.2) is 59.8 Å². The van der Waals surface area contributed by atoms with Crippen LogP contribution < -0.4 is 10.6 Å². The van der Waals surface area contributed by atoms with Crippen molar-refractivity contribution >= 4 is 32.6 Å². The maximum absolute atomic E-state index is 12.7. The van der Waals surface area contributed by atoms with Gasteiger partial charge in [0.25, 0.3) is 5.91 Å². The van der Waals surface area contributed by atoms with Crippen LogP contribution in [-0.2, 0) is 16.3 Å². The second-order valence-corrected chi connectivity index (χ2v) is 11.6. The maximum Gasteiger partial charge on any atom is 0.251 e. The van der Waals surface area contributed by atoms with Crippen LogP contribution in [0.3, 0.4) is 0 Å². The lowest BCUT2D eigenvalue weighted by molar-refractivity contribution is 0.0963. The first kappa shape index (κ1) is 24.0. The number of anilines is 1. The summed E-state index contributed by atoms with van der Waals surface area (Å²) in [4.78, 5) is 24.8. The molecule has 2 aromatic carbocycles. The fraction of sp³-hybridized carbons (Fsp3) is 0.296. The van der Waals surface area contributed by atoms with Crippen LogP contribution in [0, 0.1) is 5.92 Å². The highest BCUT2D eigenvalue weighted by Crippen LogP contribution is 2.34. The van der Waals surface area contributed by atoms with Crippen LogP contribution in [0.4, 0.5) is 5.82 Å². The molecule has 2 aromatic heterocycles. The number of hydrogen-bond donors (Lipinski definition) is 3. The first-order valence-corrected chi connectivity index (χ1v) is 13.7. The summed E-state index contributed by atoms with van der Waals surface area (Å²) >= 11 is 0. The number of amides is 1. The van der Waals surface area contributed by atoms with Crippen molar-refractivity contribution in [1.29, 1.82) is 0 Å². The number of hydrogen-bond acceptors (Lipinski definition) is 6. The Kier molecular flexibility index (Phi) is 6.26. The van der Waals surface area contributed by atoms with Gasteiger partial charge < -0.3 is 15.6 Å². The highest BCUT2D eigenvalue weighted by atomic mass is 32.2. The summed E-state index contributed by atoms with van der Waals surface area (Å²) in [6, 6.07) is 15.0. The monoisotopic (exact) mass is 503 g/mol. The van der Waals surface area contributed by atoms with Crippen molar-refractivity contribution in [2.24, 2.45) is 5.92 Å². The quantitative estimate of drug-likeness (QED) is 0.356. The van der Waals surface area contributed by atoms with E-state index in [-0.39, 0.29) is 23.6 Å². The Labute approximate surface area is 210 Å². The molecule has 36 heavy (non-hydrogen) atoms. The molecular formula is C27H29N5O3S. The summed E-state index contributed by atoms with van der Waals surface area (Å²) in [6.07, 6.45) is 2.95. The van der Waals surface area contributed by atoms with Crippen molar-refractivity contribution in [3.8, 4) is 11.3 Å². The molecule has 0 saturated heterocycles. The molecule has 3 heterocycles. The first-order chi connectivity index (χ1) is 17.3. The Morgan fingerprint density at radius 3 is 2.69 bits per heavy atom. The normalized spacial score (nSPS) is 15.4. The molecule has 0 radical (unpaired) electrons. The van der Waals surface area contributed by atoms with Crippen LogP contribution in [0.25, 0.3) is 22.3 Å². The Bertz CT molecular complexity index is 1560. The number of aromatic amines is 1. The van der Waals surface area contributed by atoms with Gasteiger partial charge in [0.2, 0.25) is 0 Å². The molecular weight excluding hydrogens is 474 g/mol. The summed E-state index contributed by atoms with van der Waals surface area (Å²) in [6.45, 7) is 4.19. The zero-order chi connectivity index (χ0) is 25.4. The maximum atomic E-state index is 12.7. The van der Waals surface area contributed by atoms with E-state index in [4.69, 9.17) is 0 Å². The molecule has 1 aliphatic heterocycles. The summed E-state index contributed by atoms with van der Waals surface area (Å²) in [5.74, 6) is 0.872. The van der Waals surface area contributed by atoms with Gasteiger partial charge in [0.15, 0.2) is 9.84 Å². The van der Waals surface area contributed by atoms with Crippen molar-refractivity contribution in [2.75, 3.05) is 18.1 Å². The Balaban J connectivity index is 1.52. The van der Waals surface area contributed by atoms with Gasteiger partial charge in [-0.15, -0.1) is 0 Å². The van der Waals surface area contributed by atoms with Crippen molar-refractivity contribution in [2.45, 2.75) is 37.6 Å². The standard InChI is InChI=1S/C27H29N5O3S/c1-16(2)24(19-10-9-17-8-5-11-36(34,35)23(17)13-19)32-26-21-14-22(31-25(21)29-15-30-26)18-6-4-7-20(12-18)27(33)28-3/h4,6-7,9-10,12-16,24H,5,8,11H2,1-3H3,(H,28,33)(H2,29,30,31,32)/t24-/m1/s1. The zero-order valence-electron chi connectivity index (χ0n) is 20.5. The lowest BCUT2D eigenvalue weighted by atomic mass is 9.94. The molecule has 9 heteroatoms. The van der Waals surface area contributed by atoms with Crippen LogP contribution in [0.1, 0.15) is 47.8 Å². The Hall–Kier alpha value is -3.72. The van der Waals surface area contributed by atoms with Gasteiger partial charge >= 0.3 is 0 Å². The molecule has 0 spiro atoms. The van der Waals surface area contributed by atoms with Gasteiger partial charge in [-0.05, 0) is 59.7 Å². The summed E-state index contributed by atoms with van der Waals surface area (Å²) in [7, 11) is -1.65. The molecule has 0 aliphatic carbocycles. The fourth-order valence-corrected chi connectivity index (χ4v) is 6.42. The number of H-pyrrole nitrogens is 1. The van der Waals surface area contributed by atoms with E-state index < -0.39 is 9.84 Å². The smallest absolute Gasteiger partial charge is 0.251 e. The van der Waals surface area contributed by atoms with E-state index in [1.54, 1.807) is 13.1 Å². The fourth-order valence-electron chi connectivity index (χ4n) is 4.79. The van der Waals surface area contributed by atoms with Crippen LogP contribution in [-0.4, -0.2) is 42.1 Å². The third kappa shape index (κ3) is 4.46. The second kappa shape index (κ2) is 9.39. The minimum Gasteiger partial charge on any atom is -0.362 e. The minimum atomic E-state index is -3.26. The van der Waals surface area contributed by atoms with Gasteiger partial charge in [-0.25, -0.2) is 18.4 Å². The number of aromatic nitrogens is 3. The van der Waals surface area contributed by atoms with Gasteiger partial charge in [0.1, 0.15) is 17.8 Å². The molecule has 0 unspecified atom stereocenters. The molecule has 1 amide bonds. The van der Waals surface area contributed by atoms with Crippen molar-refractivity contribution in [1.82, 2.24) is 20.3 Å². The average molecular weight is 504 g/mol. The van der Waals surface area contributed by atoms with Gasteiger partial charge in [-0.3, -0.25) is 4.79 Å². The summed E-state index contributed by atoms with van der Waals surface area (Å²) in [5.41, 5.74) is 4.73. The molecule has 0 fully saturated rings. The van der Waals surface area contributed by atoms with Crippen LogP contribution in [0.2, 0.25) is 0 Å². The zero-order valence-corrected chi connectivity index (χ0v) is 21.3. The molecule has 0 bridgehead atoms. The van der Waals surface area contributed by atoms with Gasteiger partial charge in [-0.2, -0.15) is 0 Å². The van der Waals surface area contributed by atoms with Crippen molar-refractivity contribution < 1.29 is 13.2 Å². The number of sulfone groups is 1. The van der Waals surface area contributed by atoms with E-state index in [1.165, 1.54) is 6.33 Å². The Morgan fingerprint density at radius 2 is 1.92 bits per heavy atom. The number of benzene rings is 2. The predicted octanol–water partition coefficient (Wildman–Crippen LogP) is 4.51. The summed E-state index contributed by atoms with van der Waals surface area (Å²) < 4.78 is 25.4. The predicted molar refractivity (Wildman–Crippen MR) is 141 cm³/mol. The van der Waals surface area contributed by atoms with E-state index in [2.05, 4.69) is 39.4 Å². The molecule has 1 aliphatic rings. The van der Waals surface area contributed by atoms with Crippen molar-refractivity contribution in [3.05, 3.63) is 71.5 Å². The summed E-state index contributed by atoms with van der Waals surface area (Å²) in [5, 5.41) is 7.01. The largest absolute Gasteiger partial charge is 0.362 e. The average Bonchev–Trinajstić information content (AvgIpc) is 3.32. The number of aryl methyl sites for hydroxylation is 1. The molecule has 3 N–H and O–H groups in total. The number of nitrogens with zero attached hydrogens (tertiary/aromatic N) is 2. The second-order valence-electron chi connectivity index (χ2n) is 9.48. The van der Waals surface area contributed by atoms with Crippen LogP contribution >= 0.6 is 0 Å². The minimum absolute atomic E-state index is 0.151. The third-order valence-electron chi connectivity index (χ3n) is 6.69. The number of carbonyl (C=O) groups excluding carboxylic acids is 1. The third-order valence-corrected chi connectivity index (χ3v) is 8.57. The number of nitrogens with one attached hydrogen (secondary N) is 3. The van der Waals surface area contributed by atoms with Gasteiger partial charge in [0, 0.05) is 18.3 Å². The molecule has 4 aromatic rings. The van der Waals surface area contributed by atoms with Crippen molar-refractivity contribution in [3.63, 3.8) is 0 Å². The van der Waals surface area contributed by atoms with E-state index >= 15 is 0 Å². The van der Waals surface area contributed by atoms with E-state index in [1.807, 2.05) is 42.5 Å². The van der Waals surface area contributed by atoms with E-state index in [0.717, 1.165) is 34.2 Å². The van der Waals surface area contributed by atoms with Gasteiger partial charge in [0.05, 0.1) is 22.1 Å². The number of carbonyl (C=O) groups is 1. The lowest BCUT2D eigenvalue weighted by Crippen LogP contribution is -2.20. The first-order valence-electron chi connectivity index (χ1n) is 12.0. The van der Waals surface area contributed by atoms with Gasteiger partial charge in [-0.1, -0.05) is 38.1 Å². The molecule has 5 rings (SSSR count). The number of fused-ring (bicyclic) bond motifs is 2. The highest BCUT2D eigenvalue weighted by molar-refractivity contribution is 7.91.